The average molecular weight is 351 g/mol. The number of nitrogens with one attached hydrogen (secondary N) is 1. The van der Waals surface area contributed by atoms with Crippen LogP contribution in [0.5, 0.6) is 0 Å². The van der Waals surface area contributed by atoms with E-state index in [1.54, 1.807) is 0 Å². The van der Waals surface area contributed by atoms with Gasteiger partial charge in [0.1, 0.15) is 10.9 Å². The number of rotatable bonds is 5. The summed E-state index contributed by atoms with van der Waals surface area (Å²) in [6, 6.07) is 11.7. The molecule has 0 unspecified atom stereocenters. The highest BCUT2D eigenvalue weighted by atomic mass is 32.2. The molecule has 1 amide bonds. The predicted molar refractivity (Wildman–Crippen MR) is 100 cm³/mol. The number of hydrogen-bond donors (Lipinski definition) is 1. The molecule has 6 heteroatoms. The molecular formula is C19H17N3O2S. The Bertz CT molecular complexity index is 972. The lowest BCUT2D eigenvalue weighted by molar-refractivity contribution is -0.113. The van der Waals surface area contributed by atoms with Gasteiger partial charge in [0.2, 0.25) is 11.8 Å². The van der Waals surface area contributed by atoms with Gasteiger partial charge in [-0.15, -0.1) is 0 Å². The van der Waals surface area contributed by atoms with Gasteiger partial charge in [0.15, 0.2) is 5.58 Å². The summed E-state index contributed by atoms with van der Waals surface area (Å²) in [5.74, 6) is 0.408. The second-order valence-corrected chi connectivity index (χ2v) is 6.39. The monoisotopic (exact) mass is 351 g/mol. The number of thioether (sulfide) groups is 1. The molecule has 0 aliphatic rings. The van der Waals surface area contributed by atoms with Crippen molar-refractivity contribution in [3.8, 4) is 16.9 Å². The first-order valence-electron chi connectivity index (χ1n) is 7.92. The van der Waals surface area contributed by atoms with E-state index < -0.39 is 0 Å². The second-order valence-electron chi connectivity index (χ2n) is 5.63. The number of thiocyanates is 1. The van der Waals surface area contributed by atoms with E-state index in [4.69, 9.17) is 9.68 Å². The second kappa shape index (κ2) is 7.41. The van der Waals surface area contributed by atoms with E-state index in [2.05, 4.69) is 17.2 Å². The van der Waals surface area contributed by atoms with Crippen molar-refractivity contribution < 1.29 is 9.21 Å². The maximum atomic E-state index is 11.9. The van der Waals surface area contributed by atoms with E-state index >= 15 is 0 Å². The van der Waals surface area contributed by atoms with Gasteiger partial charge in [-0.25, -0.2) is 4.98 Å². The number of nitriles is 1. The molecule has 0 fully saturated rings. The van der Waals surface area contributed by atoms with Crippen molar-refractivity contribution in [2.45, 2.75) is 20.3 Å². The average Bonchev–Trinajstić information content (AvgIpc) is 3.04. The fraction of sp³-hybridized carbons (Fsp3) is 0.211. The highest BCUT2D eigenvalue weighted by Crippen LogP contribution is 2.28. The van der Waals surface area contributed by atoms with Gasteiger partial charge >= 0.3 is 0 Å². The third kappa shape index (κ3) is 3.83. The van der Waals surface area contributed by atoms with Crippen LogP contribution in [0.4, 0.5) is 5.69 Å². The molecule has 126 valence electrons. The number of benzene rings is 2. The van der Waals surface area contributed by atoms with Crippen LogP contribution in [0.1, 0.15) is 18.1 Å². The number of fused-ring (bicyclic) bond motifs is 1. The molecule has 3 rings (SSSR count). The first-order chi connectivity index (χ1) is 12.1. The summed E-state index contributed by atoms with van der Waals surface area (Å²) in [6.45, 7) is 4.01. The van der Waals surface area contributed by atoms with Gasteiger partial charge in [-0.1, -0.05) is 19.1 Å². The van der Waals surface area contributed by atoms with E-state index in [1.165, 1.54) is 5.56 Å². The molecule has 0 aliphatic carbocycles. The van der Waals surface area contributed by atoms with Crippen LogP contribution in [0, 0.1) is 17.6 Å². The Morgan fingerprint density at radius 1 is 1.32 bits per heavy atom. The Balaban J connectivity index is 1.91. The maximum absolute atomic E-state index is 11.9. The highest BCUT2D eigenvalue weighted by Gasteiger charge is 2.12. The Labute approximate surface area is 150 Å². The van der Waals surface area contributed by atoms with Gasteiger partial charge in [0.25, 0.3) is 0 Å². The van der Waals surface area contributed by atoms with Gasteiger partial charge in [0.05, 0.1) is 5.75 Å². The quantitative estimate of drug-likeness (QED) is 0.684. The Morgan fingerprint density at radius 3 is 2.92 bits per heavy atom. The topological polar surface area (TPSA) is 78.9 Å². The molecule has 1 aromatic heterocycles. The summed E-state index contributed by atoms with van der Waals surface area (Å²) in [4.78, 5) is 16.4. The van der Waals surface area contributed by atoms with Gasteiger partial charge in [-0.2, -0.15) is 5.26 Å². The zero-order chi connectivity index (χ0) is 17.8. The molecule has 0 bridgehead atoms. The molecular weight excluding hydrogens is 334 g/mol. The molecule has 2 aromatic carbocycles. The molecule has 0 spiro atoms. The van der Waals surface area contributed by atoms with Gasteiger partial charge < -0.3 is 9.73 Å². The van der Waals surface area contributed by atoms with Crippen molar-refractivity contribution in [1.29, 1.82) is 5.26 Å². The maximum Gasteiger partial charge on any atom is 0.235 e. The lowest BCUT2D eigenvalue weighted by Gasteiger charge is -2.08. The lowest BCUT2D eigenvalue weighted by Crippen LogP contribution is -2.14. The summed E-state index contributed by atoms with van der Waals surface area (Å²) in [7, 11) is 0. The Hall–Kier alpha value is -2.78. The van der Waals surface area contributed by atoms with Crippen LogP contribution in [-0.4, -0.2) is 16.6 Å². The first-order valence-corrected chi connectivity index (χ1v) is 8.90. The minimum Gasteiger partial charge on any atom is -0.436 e. The fourth-order valence-electron chi connectivity index (χ4n) is 2.49. The lowest BCUT2D eigenvalue weighted by atomic mass is 10.1. The molecule has 1 N–H and O–H groups in total. The zero-order valence-electron chi connectivity index (χ0n) is 14.0. The van der Waals surface area contributed by atoms with E-state index in [1.807, 2.05) is 48.7 Å². The summed E-state index contributed by atoms with van der Waals surface area (Å²) in [5.41, 5.74) is 5.19. The van der Waals surface area contributed by atoms with Crippen molar-refractivity contribution >= 4 is 34.5 Å². The summed E-state index contributed by atoms with van der Waals surface area (Å²) in [6.07, 6.45) is 0.944. The van der Waals surface area contributed by atoms with Crippen LogP contribution in [-0.2, 0) is 11.2 Å². The number of aromatic nitrogens is 1. The van der Waals surface area contributed by atoms with Crippen molar-refractivity contribution in [3.63, 3.8) is 0 Å². The SMILES string of the molecule is CCc1ccc2oc(-c3ccc(C)c(NC(=O)CSC#N)c3)nc2c1. The smallest absolute Gasteiger partial charge is 0.235 e. The summed E-state index contributed by atoms with van der Waals surface area (Å²) < 4.78 is 5.85. The predicted octanol–water partition coefficient (Wildman–Crippen LogP) is 4.52. The number of carbonyl (C=O) groups is 1. The normalized spacial score (nSPS) is 10.6. The van der Waals surface area contributed by atoms with Crippen LogP contribution < -0.4 is 5.32 Å². The third-order valence-electron chi connectivity index (χ3n) is 3.89. The number of carbonyl (C=O) groups excluding carboxylic acids is 1. The van der Waals surface area contributed by atoms with Crippen molar-refractivity contribution in [3.05, 3.63) is 47.5 Å². The number of oxazole rings is 1. The zero-order valence-corrected chi connectivity index (χ0v) is 14.8. The van der Waals surface area contributed by atoms with Crippen molar-refractivity contribution in [2.75, 3.05) is 11.1 Å². The minimum absolute atomic E-state index is 0.100. The van der Waals surface area contributed by atoms with Gasteiger partial charge in [-0.05, 0) is 60.5 Å². The Kier molecular flexibility index (Phi) is 5.05. The fourth-order valence-corrected chi connectivity index (χ4v) is 2.76. The van der Waals surface area contributed by atoms with Gasteiger partial charge in [0, 0.05) is 11.3 Å². The Morgan fingerprint density at radius 2 is 2.16 bits per heavy atom. The molecule has 5 nitrogen and oxygen atoms in total. The highest BCUT2D eigenvalue weighted by molar-refractivity contribution is 8.04. The van der Waals surface area contributed by atoms with E-state index in [9.17, 15) is 4.79 Å². The van der Waals surface area contributed by atoms with Crippen LogP contribution in [0.25, 0.3) is 22.6 Å². The summed E-state index contributed by atoms with van der Waals surface area (Å²) in [5, 5.41) is 13.3. The number of hydrogen-bond acceptors (Lipinski definition) is 5. The van der Waals surface area contributed by atoms with Crippen LogP contribution >= 0.6 is 11.8 Å². The number of anilines is 1. The van der Waals surface area contributed by atoms with E-state index in [0.717, 1.165) is 40.4 Å². The van der Waals surface area contributed by atoms with E-state index in [-0.39, 0.29) is 11.7 Å². The van der Waals surface area contributed by atoms with Crippen LogP contribution in [0.2, 0.25) is 0 Å². The molecule has 0 radical (unpaired) electrons. The van der Waals surface area contributed by atoms with Crippen LogP contribution in [0.3, 0.4) is 0 Å². The van der Waals surface area contributed by atoms with Gasteiger partial charge in [-0.3, -0.25) is 4.79 Å². The molecule has 25 heavy (non-hydrogen) atoms. The van der Waals surface area contributed by atoms with E-state index in [0.29, 0.717) is 11.6 Å². The standard InChI is InChI=1S/C19H17N3O2S/c1-3-13-5-7-17-16(8-13)22-19(24-17)14-6-4-12(2)15(9-14)21-18(23)10-25-11-20/h4-9H,3,10H2,1-2H3,(H,21,23). The first kappa shape index (κ1) is 17.1. The third-order valence-corrected chi connectivity index (χ3v) is 4.42. The molecule has 0 aliphatic heterocycles. The molecule has 1 heterocycles. The minimum atomic E-state index is -0.211. The number of aryl methyl sites for hydroxylation is 2. The number of nitrogens with zero attached hydrogens (tertiary/aromatic N) is 2. The molecule has 0 saturated carbocycles. The summed E-state index contributed by atoms with van der Waals surface area (Å²) >= 11 is 0.911. The number of amides is 1. The molecule has 3 aromatic rings. The molecule has 0 atom stereocenters. The van der Waals surface area contributed by atoms with Crippen LogP contribution in [0.15, 0.2) is 40.8 Å². The van der Waals surface area contributed by atoms with Crippen molar-refractivity contribution in [2.24, 2.45) is 0 Å². The molecule has 0 saturated heterocycles. The largest absolute Gasteiger partial charge is 0.436 e. The van der Waals surface area contributed by atoms with Crippen molar-refractivity contribution in [1.82, 2.24) is 4.98 Å².